The van der Waals surface area contributed by atoms with Gasteiger partial charge in [-0.05, 0) is 81.5 Å². The Morgan fingerprint density at radius 2 is 1.94 bits per heavy atom. The molecule has 0 aromatic heterocycles. The Bertz CT molecular complexity index is 1270. The minimum Gasteiger partial charge on any atom is -0.487 e. The average molecular weight is 509 g/mol. The maximum absolute atomic E-state index is 13.8. The Hall–Kier alpha value is -3.76. The van der Waals surface area contributed by atoms with Gasteiger partial charge >= 0.3 is 0 Å². The van der Waals surface area contributed by atoms with Gasteiger partial charge in [-0.15, -0.1) is 6.58 Å². The van der Waals surface area contributed by atoms with Crippen molar-refractivity contribution >= 4 is 33.6 Å². The van der Waals surface area contributed by atoms with Crippen LogP contribution >= 0.6 is 15.9 Å². The fourth-order valence-electron chi connectivity index (χ4n) is 3.08. The van der Waals surface area contributed by atoms with Crippen molar-refractivity contribution in [3.05, 3.63) is 112 Å². The van der Waals surface area contributed by atoms with E-state index in [1.807, 2.05) is 6.07 Å². The molecule has 0 atom stereocenters. The average Bonchev–Trinajstić information content (AvgIpc) is 2.78. The van der Waals surface area contributed by atoms with Crippen molar-refractivity contribution in [1.29, 1.82) is 5.26 Å². The number of benzene rings is 3. The van der Waals surface area contributed by atoms with E-state index >= 15 is 0 Å². The third-order valence-corrected chi connectivity index (χ3v) is 5.17. The van der Waals surface area contributed by atoms with Crippen molar-refractivity contribution in [2.45, 2.75) is 13.0 Å². The van der Waals surface area contributed by atoms with Gasteiger partial charge < -0.3 is 10.1 Å². The molecule has 0 saturated heterocycles. The van der Waals surface area contributed by atoms with Crippen molar-refractivity contribution in [1.82, 2.24) is 0 Å². The minimum absolute atomic E-state index is 0.0155. The Kier molecular flexibility index (Phi) is 8.11. The van der Waals surface area contributed by atoms with E-state index < -0.39 is 11.7 Å². The van der Waals surface area contributed by atoms with Crippen molar-refractivity contribution in [2.24, 2.45) is 0 Å². The van der Waals surface area contributed by atoms with Gasteiger partial charge in [0, 0.05) is 0 Å². The van der Waals surface area contributed by atoms with E-state index in [2.05, 4.69) is 27.8 Å². The molecule has 0 spiro atoms. The molecule has 0 aliphatic carbocycles. The predicted octanol–water partition coefficient (Wildman–Crippen LogP) is 6.58. The monoisotopic (exact) mass is 508 g/mol. The Morgan fingerprint density at radius 3 is 2.64 bits per heavy atom. The van der Waals surface area contributed by atoms with Gasteiger partial charge in [-0.2, -0.15) is 5.26 Å². The van der Waals surface area contributed by atoms with E-state index in [0.29, 0.717) is 27.8 Å². The standard InChI is InChI=1S/C26H19BrF2N2O2/c1-2-6-19-11-18(12-20(15-30)26(32)31-24-10-4-3-9-23(24)29)14-22(27)25(19)33-16-17-7-5-8-21(28)13-17/h2-5,7-14H,1,6,16H2,(H,31,32)/b20-12-. The molecule has 0 radical (unpaired) electrons. The molecule has 1 amide bonds. The van der Waals surface area contributed by atoms with Gasteiger partial charge in [0.1, 0.15) is 35.6 Å². The number of anilines is 1. The lowest BCUT2D eigenvalue weighted by Gasteiger charge is -2.14. The number of hydrogen-bond acceptors (Lipinski definition) is 3. The summed E-state index contributed by atoms with van der Waals surface area (Å²) in [5.41, 5.74) is 1.79. The van der Waals surface area contributed by atoms with Crippen molar-refractivity contribution in [3.8, 4) is 11.8 Å². The fraction of sp³-hybridized carbons (Fsp3) is 0.0769. The highest BCUT2D eigenvalue weighted by molar-refractivity contribution is 9.10. The number of halogens is 3. The van der Waals surface area contributed by atoms with Crippen molar-refractivity contribution in [3.63, 3.8) is 0 Å². The number of hydrogen-bond donors (Lipinski definition) is 1. The van der Waals surface area contributed by atoms with Gasteiger partial charge in [-0.25, -0.2) is 8.78 Å². The van der Waals surface area contributed by atoms with Gasteiger partial charge in [0.2, 0.25) is 0 Å². The largest absolute Gasteiger partial charge is 0.487 e. The quantitative estimate of drug-likeness (QED) is 0.212. The van der Waals surface area contributed by atoms with Crippen LogP contribution in [0.25, 0.3) is 6.08 Å². The van der Waals surface area contributed by atoms with Crippen LogP contribution in [-0.4, -0.2) is 5.91 Å². The smallest absolute Gasteiger partial charge is 0.266 e. The molecule has 4 nitrogen and oxygen atoms in total. The lowest BCUT2D eigenvalue weighted by molar-refractivity contribution is -0.112. The summed E-state index contributed by atoms with van der Waals surface area (Å²) in [4.78, 5) is 12.5. The molecule has 3 aromatic carbocycles. The van der Waals surface area contributed by atoms with Gasteiger partial charge in [-0.1, -0.05) is 30.3 Å². The summed E-state index contributed by atoms with van der Waals surface area (Å²) < 4.78 is 33.8. The lowest BCUT2D eigenvalue weighted by Crippen LogP contribution is -2.14. The van der Waals surface area contributed by atoms with Crippen LogP contribution in [-0.2, 0) is 17.8 Å². The number of allylic oxidation sites excluding steroid dienone is 1. The normalized spacial score (nSPS) is 10.9. The maximum atomic E-state index is 13.8. The molecule has 7 heteroatoms. The molecule has 0 saturated carbocycles. The molecule has 0 aliphatic heterocycles. The third kappa shape index (κ3) is 6.37. The van der Waals surface area contributed by atoms with Gasteiger partial charge in [0.25, 0.3) is 5.91 Å². The number of carbonyl (C=O) groups is 1. The van der Waals surface area contributed by atoms with E-state index in [1.54, 1.807) is 36.4 Å². The molecule has 0 bridgehead atoms. The van der Waals surface area contributed by atoms with E-state index in [9.17, 15) is 18.8 Å². The summed E-state index contributed by atoms with van der Waals surface area (Å²) in [6.45, 7) is 3.92. The van der Waals surface area contributed by atoms with Crippen molar-refractivity contribution in [2.75, 3.05) is 5.32 Å². The summed E-state index contributed by atoms with van der Waals surface area (Å²) in [5, 5.41) is 11.9. The summed E-state index contributed by atoms with van der Waals surface area (Å²) in [5.74, 6) is -1.13. The molecule has 166 valence electrons. The second kappa shape index (κ2) is 11.2. The molecule has 0 heterocycles. The Labute approximate surface area is 199 Å². The van der Waals surface area contributed by atoms with E-state index in [-0.39, 0.29) is 23.7 Å². The molecule has 3 rings (SSSR count). The number of ether oxygens (including phenoxy) is 1. The zero-order valence-electron chi connectivity index (χ0n) is 17.4. The van der Waals surface area contributed by atoms with Crippen LogP contribution in [0.4, 0.5) is 14.5 Å². The first kappa shape index (κ1) is 23.9. The first-order valence-electron chi connectivity index (χ1n) is 9.89. The van der Waals surface area contributed by atoms with Gasteiger partial charge in [0.05, 0.1) is 10.2 Å². The number of rotatable bonds is 8. The highest BCUT2D eigenvalue weighted by Gasteiger charge is 2.14. The first-order chi connectivity index (χ1) is 15.9. The summed E-state index contributed by atoms with van der Waals surface area (Å²) >= 11 is 3.47. The molecular formula is C26H19BrF2N2O2. The highest BCUT2D eigenvalue weighted by Crippen LogP contribution is 2.33. The number of amides is 1. The summed E-state index contributed by atoms with van der Waals surface area (Å²) in [7, 11) is 0. The zero-order chi connectivity index (χ0) is 23.8. The van der Waals surface area contributed by atoms with E-state index in [4.69, 9.17) is 4.74 Å². The highest BCUT2D eigenvalue weighted by atomic mass is 79.9. The lowest BCUT2D eigenvalue weighted by atomic mass is 10.0. The fourth-order valence-corrected chi connectivity index (χ4v) is 3.71. The summed E-state index contributed by atoms with van der Waals surface area (Å²) in [6, 6.07) is 17.1. The number of carbonyl (C=O) groups excluding carboxylic acids is 1. The maximum Gasteiger partial charge on any atom is 0.266 e. The van der Waals surface area contributed by atoms with Crippen molar-refractivity contribution < 1.29 is 18.3 Å². The van der Waals surface area contributed by atoms with Crippen LogP contribution < -0.4 is 10.1 Å². The third-order valence-electron chi connectivity index (χ3n) is 4.58. The Balaban J connectivity index is 1.86. The minimum atomic E-state index is -0.726. The molecule has 1 N–H and O–H groups in total. The second-order valence-corrected chi connectivity index (χ2v) is 7.86. The predicted molar refractivity (Wildman–Crippen MR) is 127 cm³/mol. The SMILES string of the molecule is C=CCc1cc(/C=C(/C#N)C(=O)Nc2ccccc2F)cc(Br)c1OCc1cccc(F)c1. The number of nitrogens with zero attached hydrogens (tertiary/aromatic N) is 1. The molecule has 33 heavy (non-hydrogen) atoms. The van der Waals surface area contributed by atoms with E-state index in [0.717, 1.165) is 5.56 Å². The number of para-hydroxylation sites is 1. The topological polar surface area (TPSA) is 62.1 Å². The van der Waals surface area contributed by atoms with Crippen LogP contribution in [0.2, 0.25) is 0 Å². The molecule has 0 unspecified atom stereocenters. The van der Waals surface area contributed by atoms with Crippen LogP contribution in [0.1, 0.15) is 16.7 Å². The first-order valence-corrected chi connectivity index (χ1v) is 10.7. The molecule has 3 aromatic rings. The van der Waals surface area contributed by atoms with E-state index in [1.165, 1.54) is 36.4 Å². The van der Waals surface area contributed by atoms with Crippen LogP contribution in [0.15, 0.2) is 83.4 Å². The molecular weight excluding hydrogens is 490 g/mol. The molecule has 0 aliphatic rings. The van der Waals surface area contributed by atoms with Gasteiger partial charge in [0.15, 0.2) is 0 Å². The zero-order valence-corrected chi connectivity index (χ0v) is 19.0. The summed E-state index contributed by atoms with van der Waals surface area (Å²) in [6.07, 6.45) is 3.56. The van der Waals surface area contributed by atoms with Gasteiger partial charge in [-0.3, -0.25) is 4.79 Å². The van der Waals surface area contributed by atoms with Crippen LogP contribution in [0, 0.1) is 23.0 Å². The molecule has 0 fully saturated rings. The number of nitriles is 1. The Morgan fingerprint density at radius 1 is 1.15 bits per heavy atom. The second-order valence-electron chi connectivity index (χ2n) is 7.01. The van der Waals surface area contributed by atoms with Crippen LogP contribution in [0.3, 0.4) is 0 Å². The number of nitrogens with one attached hydrogen (secondary N) is 1. The van der Waals surface area contributed by atoms with Crippen LogP contribution in [0.5, 0.6) is 5.75 Å².